The summed E-state index contributed by atoms with van der Waals surface area (Å²) in [6.07, 6.45) is 0. The number of amides is 2. The standard InChI is InChI=1S/C13H17N3O4S/c1-13(2,7-14)15-21(19,20)8-4-5-9-10(6-8)12(18)16(3)11(9)17/h4-6,15H,7,14H2,1-3H3. The third-order valence-corrected chi connectivity index (χ3v) is 4.99. The molecule has 1 aliphatic heterocycles. The van der Waals surface area contributed by atoms with Crippen molar-refractivity contribution in [2.45, 2.75) is 24.3 Å². The van der Waals surface area contributed by atoms with Gasteiger partial charge in [0.2, 0.25) is 10.0 Å². The Morgan fingerprint density at radius 2 is 1.76 bits per heavy atom. The van der Waals surface area contributed by atoms with Gasteiger partial charge in [-0.15, -0.1) is 0 Å². The van der Waals surface area contributed by atoms with Crippen LogP contribution in [-0.4, -0.2) is 44.3 Å². The number of fused-ring (bicyclic) bond motifs is 1. The van der Waals surface area contributed by atoms with Crippen molar-refractivity contribution in [3.8, 4) is 0 Å². The molecular formula is C13H17N3O4S. The molecule has 1 heterocycles. The number of nitrogens with zero attached hydrogens (tertiary/aromatic N) is 1. The average Bonchev–Trinajstić information content (AvgIpc) is 2.62. The molecule has 1 aromatic carbocycles. The monoisotopic (exact) mass is 311 g/mol. The highest BCUT2D eigenvalue weighted by Gasteiger charge is 2.34. The lowest BCUT2D eigenvalue weighted by atomic mass is 10.1. The molecule has 2 amide bonds. The molecule has 0 saturated heterocycles. The van der Waals surface area contributed by atoms with Crippen molar-refractivity contribution in [2.24, 2.45) is 5.73 Å². The van der Waals surface area contributed by atoms with Gasteiger partial charge in [-0.1, -0.05) is 0 Å². The highest BCUT2D eigenvalue weighted by molar-refractivity contribution is 7.89. The number of carbonyl (C=O) groups is 2. The molecule has 0 atom stereocenters. The summed E-state index contributed by atoms with van der Waals surface area (Å²) in [4.78, 5) is 24.6. The Balaban J connectivity index is 2.45. The summed E-state index contributed by atoms with van der Waals surface area (Å²) in [5.41, 5.74) is 5.00. The van der Waals surface area contributed by atoms with Gasteiger partial charge in [-0.05, 0) is 32.0 Å². The molecule has 3 N–H and O–H groups in total. The van der Waals surface area contributed by atoms with Gasteiger partial charge >= 0.3 is 0 Å². The molecule has 8 heteroatoms. The maximum absolute atomic E-state index is 12.3. The van der Waals surface area contributed by atoms with Crippen molar-refractivity contribution in [1.82, 2.24) is 9.62 Å². The first-order valence-electron chi connectivity index (χ1n) is 6.29. The molecule has 1 aromatic rings. The van der Waals surface area contributed by atoms with E-state index in [2.05, 4.69) is 4.72 Å². The summed E-state index contributed by atoms with van der Waals surface area (Å²) in [5, 5.41) is 0. The average molecular weight is 311 g/mol. The first-order valence-corrected chi connectivity index (χ1v) is 7.78. The number of sulfonamides is 1. The quantitative estimate of drug-likeness (QED) is 0.756. The van der Waals surface area contributed by atoms with Crippen LogP contribution >= 0.6 is 0 Å². The lowest BCUT2D eigenvalue weighted by Gasteiger charge is -2.23. The number of imide groups is 1. The van der Waals surface area contributed by atoms with Gasteiger partial charge in [-0.2, -0.15) is 0 Å². The minimum absolute atomic E-state index is 0.0702. The second-order valence-corrected chi connectivity index (χ2v) is 7.25. The summed E-state index contributed by atoms with van der Waals surface area (Å²) < 4.78 is 27.1. The normalized spacial score (nSPS) is 15.5. The van der Waals surface area contributed by atoms with Crippen LogP contribution in [0.25, 0.3) is 0 Å². The Labute approximate surface area is 123 Å². The molecule has 0 aromatic heterocycles. The van der Waals surface area contributed by atoms with E-state index >= 15 is 0 Å². The number of hydrogen-bond donors (Lipinski definition) is 2. The Kier molecular flexibility index (Phi) is 3.64. The van der Waals surface area contributed by atoms with Crippen molar-refractivity contribution < 1.29 is 18.0 Å². The third-order valence-electron chi connectivity index (χ3n) is 3.29. The van der Waals surface area contributed by atoms with Crippen LogP contribution in [0.2, 0.25) is 0 Å². The molecule has 0 radical (unpaired) electrons. The molecule has 114 valence electrons. The number of nitrogens with one attached hydrogen (secondary N) is 1. The predicted octanol–water partition coefficient (Wildman–Crippen LogP) is -0.0720. The lowest BCUT2D eigenvalue weighted by molar-refractivity contribution is 0.0693. The summed E-state index contributed by atoms with van der Waals surface area (Å²) in [5.74, 6) is -0.945. The Morgan fingerprint density at radius 1 is 1.19 bits per heavy atom. The number of hydrogen-bond acceptors (Lipinski definition) is 5. The second kappa shape index (κ2) is 4.90. The van der Waals surface area contributed by atoms with Crippen LogP contribution in [0.3, 0.4) is 0 Å². The van der Waals surface area contributed by atoms with E-state index in [1.54, 1.807) is 13.8 Å². The van der Waals surface area contributed by atoms with E-state index in [0.717, 1.165) is 4.90 Å². The largest absolute Gasteiger partial charge is 0.329 e. The molecule has 0 fully saturated rings. The van der Waals surface area contributed by atoms with Gasteiger partial charge in [-0.25, -0.2) is 13.1 Å². The molecule has 21 heavy (non-hydrogen) atoms. The molecular weight excluding hydrogens is 294 g/mol. The first-order chi connectivity index (χ1) is 9.59. The third kappa shape index (κ3) is 2.69. The number of benzene rings is 1. The molecule has 0 unspecified atom stereocenters. The molecule has 0 aliphatic carbocycles. The molecule has 0 saturated carbocycles. The highest BCUT2D eigenvalue weighted by Crippen LogP contribution is 2.25. The second-order valence-electron chi connectivity index (χ2n) is 5.57. The lowest BCUT2D eigenvalue weighted by Crippen LogP contribution is -2.48. The molecule has 7 nitrogen and oxygen atoms in total. The zero-order valence-corrected chi connectivity index (χ0v) is 12.8. The van der Waals surface area contributed by atoms with Gasteiger partial charge in [0.15, 0.2) is 0 Å². The van der Waals surface area contributed by atoms with Crippen LogP contribution < -0.4 is 10.5 Å². The van der Waals surface area contributed by atoms with E-state index in [9.17, 15) is 18.0 Å². The number of nitrogens with two attached hydrogens (primary N) is 1. The van der Waals surface area contributed by atoms with Gasteiger partial charge < -0.3 is 5.73 Å². The van der Waals surface area contributed by atoms with Crippen molar-refractivity contribution >= 4 is 21.8 Å². The highest BCUT2D eigenvalue weighted by atomic mass is 32.2. The maximum Gasteiger partial charge on any atom is 0.261 e. The topological polar surface area (TPSA) is 110 Å². The molecule has 0 bridgehead atoms. The van der Waals surface area contributed by atoms with E-state index in [-0.39, 0.29) is 22.6 Å². The minimum Gasteiger partial charge on any atom is -0.329 e. The van der Waals surface area contributed by atoms with E-state index in [4.69, 9.17) is 5.73 Å². The van der Waals surface area contributed by atoms with E-state index < -0.39 is 27.4 Å². The Morgan fingerprint density at radius 3 is 2.33 bits per heavy atom. The summed E-state index contributed by atoms with van der Waals surface area (Å²) >= 11 is 0. The minimum atomic E-state index is -3.82. The smallest absolute Gasteiger partial charge is 0.261 e. The maximum atomic E-state index is 12.3. The van der Waals surface area contributed by atoms with Crippen LogP contribution in [-0.2, 0) is 10.0 Å². The van der Waals surface area contributed by atoms with Crippen LogP contribution in [0.1, 0.15) is 34.6 Å². The summed E-state index contributed by atoms with van der Waals surface area (Å²) in [7, 11) is -2.47. The van der Waals surface area contributed by atoms with Crippen LogP contribution in [0.5, 0.6) is 0 Å². The van der Waals surface area contributed by atoms with Crippen LogP contribution in [0, 0.1) is 0 Å². The van der Waals surface area contributed by atoms with Gasteiger partial charge in [0, 0.05) is 19.1 Å². The molecule has 0 spiro atoms. The van der Waals surface area contributed by atoms with E-state index in [1.165, 1.54) is 25.2 Å². The van der Waals surface area contributed by atoms with Crippen molar-refractivity contribution in [3.63, 3.8) is 0 Å². The van der Waals surface area contributed by atoms with Gasteiger partial charge in [0.25, 0.3) is 11.8 Å². The van der Waals surface area contributed by atoms with Crippen LogP contribution in [0.15, 0.2) is 23.1 Å². The zero-order chi connectivity index (χ0) is 16.0. The van der Waals surface area contributed by atoms with Crippen LogP contribution in [0.4, 0.5) is 0 Å². The summed E-state index contributed by atoms with van der Waals surface area (Å²) in [6.45, 7) is 3.43. The van der Waals surface area contributed by atoms with Crippen molar-refractivity contribution in [2.75, 3.05) is 13.6 Å². The predicted molar refractivity (Wildman–Crippen MR) is 76.3 cm³/mol. The van der Waals surface area contributed by atoms with Gasteiger partial charge in [0.05, 0.1) is 16.0 Å². The number of rotatable bonds is 4. The zero-order valence-electron chi connectivity index (χ0n) is 12.0. The SMILES string of the molecule is CN1C(=O)c2ccc(S(=O)(=O)NC(C)(C)CN)cc2C1=O. The summed E-state index contributed by atoms with van der Waals surface area (Å²) in [6, 6.07) is 3.87. The fourth-order valence-corrected chi connectivity index (χ4v) is 3.42. The fourth-order valence-electron chi connectivity index (χ4n) is 1.97. The molecule has 2 rings (SSSR count). The Hall–Kier alpha value is -1.77. The first kappa shape index (κ1) is 15.6. The Bertz CT molecular complexity index is 725. The van der Waals surface area contributed by atoms with Crippen molar-refractivity contribution in [3.05, 3.63) is 29.3 Å². The van der Waals surface area contributed by atoms with Crippen molar-refractivity contribution in [1.29, 1.82) is 0 Å². The molecule has 1 aliphatic rings. The fraction of sp³-hybridized carbons (Fsp3) is 0.385. The van der Waals surface area contributed by atoms with E-state index in [1.807, 2.05) is 0 Å². The van der Waals surface area contributed by atoms with E-state index in [0.29, 0.717) is 0 Å². The van der Waals surface area contributed by atoms with Gasteiger partial charge in [0.1, 0.15) is 0 Å². The number of carbonyl (C=O) groups excluding carboxylic acids is 2. The van der Waals surface area contributed by atoms with Gasteiger partial charge in [-0.3, -0.25) is 14.5 Å².